The van der Waals surface area contributed by atoms with E-state index in [-0.39, 0.29) is 12.5 Å². The predicted molar refractivity (Wildman–Crippen MR) is 89.1 cm³/mol. The van der Waals surface area contributed by atoms with Crippen LogP contribution in [0.5, 0.6) is 0 Å². The molecule has 1 fully saturated rings. The Hall–Kier alpha value is -2.04. The van der Waals surface area contributed by atoms with Gasteiger partial charge in [-0.25, -0.2) is 4.79 Å². The summed E-state index contributed by atoms with van der Waals surface area (Å²) in [5, 5.41) is 0. The minimum absolute atomic E-state index is 0.000547. The Kier molecular flexibility index (Phi) is 6.44. The molecular formula is C18H26N2O3. The van der Waals surface area contributed by atoms with Crippen molar-refractivity contribution in [2.45, 2.75) is 25.7 Å². The number of hydrogen-bond acceptors (Lipinski definition) is 3. The van der Waals surface area contributed by atoms with Crippen LogP contribution >= 0.6 is 0 Å². The van der Waals surface area contributed by atoms with Crippen molar-refractivity contribution in [1.82, 2.24) is 9.80 Å². The van der Waals surface area contributed by atoms with Crippen molar-refractivity contribution in [2.24, 2.45) is 5.92 Å². The van der Waals surface area contributed by atoms with E-state index in [9.17, 15) is 9.59 Å². The fraction of sp³-hybridized carbons (Fsp3) is 0.556. The third-order valence-electron chi connectivity index (χ3n) is 4.51. The van der Waals surface area contributed by atoms with Crippen LogP contribution in [0, 0.1) is 5.92 Å². The topological polar surface area (TPSA) is 49.9 Å². The van der Waals surface area contributed by atoms with Crippen LogP contribution in [-0.2, 0) is 16.0 Å². The number of aryl methyl sites for hydroxylation is 1. The molecule has 126 valence electrons. The summed E-state index contributed by atoms with van der Waals surface area (Å²) in [4.78, 5) is 26.7. The standard InChI is InChI=1S/C18H26N2O3/c1-19(18(22)23-2)14-17(21)20-12-10-16(11-13-20)9-8-15-6-4-3-5-7-15/h3-7,16H,8-14H2,1-2H3. The highest BCUT2D eigenvalue weighted by molar-refractivity contribution is 5.82. The van der Waals surface area contributed by atoms with Crippen molar-refractivity contribution >= 4 is 12.0 Å². The molecule has 2 amide bonds. The molecule has 1 aliphatic rings. The summed E-state index contributed by atoms with van der Waals surface area (Å²) >= 11 is 0. The lowest BCUT2D eigenvalue weighted by Crippen LogP contribution is -2.44. The highest BCUT2D eigenvalue weighted by Gasteiger charge is 2.24. The molecule has 1 saturated heterocycles. The molecule has 5 nitrogen and oxygen atoms in total. The van der Waals surface area contributed by atoms with Crippen LogP contribution in [-0.4, -0.2) is 55.6 Å². The summed E-state index contributed by atoms with van der Waals surface area (Å²) < 4.78 is 4.61. The summed E-state index contributed by atoms with van der Waals surface area (Å²) in [6, 6.07) is 10.5. The Morgan fingerprint density at radius 3 is 2.48 bits per heavy atom. The molecule has 0 N–H and O–H groups in total. The van der Waals surface area contributed by atoms with E-state index < -0.39 is 6.09 Å². The molecule has 0 bridgehead atoms. The monoisotopic (exact) mass is 318 g/mol. The van der Waals surface area contributed by atoms with E-state index >= 15 is 0 Å². The maximum Gasteiger partial charge on any atom is 0.409 e. The van der Waals surface area contributed by atoms with Gasteiger partial charge in [0.05, 0.1) is 7.11 Å². The molecule has 0 atom stereocenters. The molecule has 0 aliphatic carbocycles. The number of likely N-dealkylation sites (N-methyl/N-ethyl adjacent to an activating group) is 1. The van der Waals surface area contributed by atoms with E-state index in [4.69, 9.17) is 0 Å². The van der Waals surface area contributed by atoms with Crippen molar-refractivity contribution in [3.05, 3.63) is 35.9 Å². The molecule has 1 aromatic carbocycles. The Labute approximate surface area is 138 Å². The number of nitrogens with zero attached hydrogens (tertiary/aromatic N) is 2. The van der Waals surface area contributed by atoms with E-state index in [1.54, 1.807) is 7.05 Å². The van der Waals surface area contributed by atoms with Crippen molar-refractivity contribution in [3.8, 4) is 0 Å². The summed E-state index contributed by atoms with van der Waals surface area (Å²) in [7, 11) is 2.90. The number of hydrogen-bond donors (Lipinski definition) is 0. The van der Waals surface area contributed by atoms with Gasteiger partial charge >= 0.3 is 6.09 Å². The fourth-order valence-electron chi connectivity index (χ4n) is 3.01. The van der Waals surface area contributed by atoms with E-state index in [2.05, 4.69) is 29.0 Å². The van der Waals surface area contributed by atoms with Gasteiger partial charge in [-0.2, -0.15) is 0 Å². The van der Waals surface area contributed by atoms with Crippen LogP contribution in [0.2, 0.25) is 0 Å². The summed E-state index contributed by atoms with van der Waals surface area (Å²) in [6.45, 7) is 1.65. The molecule has 0 spiro atoms. The summed E-state index contributed by atoms with van der Waals surface area (Å²) in [6.07, 6.45) is 3.88. The lowest BCUT2D eigenvalue weighted by Gasteiger charge is -2.33. The van der Waals surface area contributed by atoms with Crippen molar-refractivity contribution in [3.63, 3.8) is 0 Å². The number of carbonyl (C=O) groups is 2. The number of ether oxygens (including phenoxy) is 1. The number of benzene rings is 1. The van der Waals surface area contributed by atoms with Crippen molar-refractivity contribution in [1.29, 1.82) is 0 Å². The number of rotatable bonds is 5. The van der Waals surface area contributed by atoms with Gasteiger partial charge in [-0.15, -0.1) is 0 Å². The third kappa shape index (κ3) is 5.27. The van der Waals surface area contributed by atoms with Gasteiger partial charge in [-0.1, -0.05) is 30.3 Å². The molecule has 1 aromatic rings. The maximum absolute atomic E-state index is 12.2. The minimum Gasteiger partial charge on any atom is -0.453 e. The lowest BCUT2D eigenvalue weighted by atomic mass is 9.90. The zero-order valence-electron chi connectivity index (χ0n) is 14.0. The van der Waals surface area contributed by atoms with Crippen molar-refractivity contribution < 1.29 is 14.3 Å². The molecule has 0 saturated carbocycles. The number of carbonyl (C=O) groups excluding carboxylic acids is 2. The maximum atomic E-state index is 12.2. The van der Waals surface area contributed by atoms with Crippen molar-refractivity contribution in [2.75, 3.05) is 33.8 Å². The molecule has 2 rings (SSSR count). The molecule has 0 unspecified atom stereocenters. The Morgan fingerprint density at radius 1 is 1.22 bits per heavy atom. The van der Waals surface area contributed by atoms with E-state index in [0.717, 1.165) is 32.4 Å². The lowest BCUT2D eigenvalue weighted by molar-refractivity contribution is -0.133. The quantitative estimate of drug-likeness (QED) is 0.838. The Morgan fingerprint density at radius 2 is 1.87 bits per heavy atom. The SMILES string of the molecule is COC(=O)N(C)CC(=O)N1CCC(CCc2ccccc2)CC1. The zero-order valence-corrected chi connectivity index (χ0v) is 14.0. The van der Waals surface area contributed by atoms with Gasteiger partial charge in [0.25, 0.3) is 0 Å². The van der Waals surface area contributed by atoms with E-state index in [1.807, 2.05) is 11.0 Å². The predicted octanol–water partition coefficient (Wildman–Crippen LogP) is 2.56. The molecule has 1 aliphatic heterocycles. The smallest absolute Gasteiger partial charge is 0.409 e. The molecule has 23 heavy (non-hydrogen) atoms. The molecule has 0 radical (unpaired) electrons. The Balaban J connectivity index is 1.71. The zero-order chi connectivity index (χ0) is 16.7. The second kappa shape index (κ2) is 8.56. The third-order valence-corrected chi connectivity index (χ3v) is 4.51. The summed E-state index contributed by atoms with van der Waals surface area (Å²) in [5.74, 6) is 0.678. The average Bonchev–Trinajstić information content (AvgIpc) is 2.60. The average molecular weight is 318 g/mol. The van der Waals surface area contributed by atoms with E-state index in [1.165, 1.54) is 24.0 Å². The Bertz CT molecular complexity index is 510. The van der Waals surface area contributed by atoms with Gasteiger partial charge < -0.3 is 14.5 Å². The first kappa shape index (κ1) is 17.3. The van der Waals surface area contributed by atoms with Gasteiger partial charge in [-0.3, -0.25) is 4.79 Å². The minimum atomic E-state index is -0.476. The van der Waals surface area contributed by atoms with Crippen LogP contribution in [0.15, 0.2) is 30.3 Å². The van der Waals surface area contributed by atoms with E-state index in [0.29, 0.717) is 5.92 Å². The van der Waals surface area contributed by atoms with Gasteiger partial charge in [-0.05, 0) is 37.2 Å². The van der Waals surface area contributed by atoms with Crippen LogP contribution in [0.3, 0.4) is 0 Å². The highest BCUT2D eigenvalue weighted by atomic mass is 16.5. The second-order valence-corrected chi connectivity index (χ2v) is 6.17. The second-order valence-electron chi connectivity index (χ2n) is 6.17. The molecule has 1 heterocycles. The number of piperidine rings is 1. The summed E-state index contributed by atoms with van der Waals surface area (Å²) in [5.41, 5.74) is 1.38. The number of likely N-dealkylation sites (tertiary alicyclic amines) is 1. The van der Waals surface area contributed by atoms with Gasteiger partial charge in [0.15, 0.2) is 0 Å². The molecule has 5 heteroatoms. The van der Waals surface area contributed by atoms with Gasteiger partial charge in [0, 0.05) is 20.1 Å². The fourth-order valence-corrected chi connectivity index (χ4v) is 3.01. The highest BCUT2D eigenvalue weighted by Crippen LogP contribution is 2.22. The van der Waals surface area contributed by atoms with Crippen LogP contribution in [0.4, 0.5) is 4.79 Å². The number of methoxy groups -OCH3 is 1. The van der Waals surface area contributed by atoms with Gasteiger partial charge in [0.1, 0.15) is 6.54 Å². The van der Waals surface area contributed by atoms with Crippen LogP contribution in [0.1, 0.15) is 24.8 Å². The largest absolute Gasteiger partial charge is 0.453 e. The first-order valence-electron chi connectivity index (χ1n) is 8.21. The van der Waals surface area contributed by atoms with Crippen LogP contribution in [0.25, 0.3) is 0 Å². The normalized spacial score (nSPS) is 15.3. The molecule has 0 aromatic heterocycles. The first-order valence-corrected chi connectivity index (χ1v) is 8.21. The first-order chi connectivity index (χ1) is 11.1. The van der Waals surface area contributed by atoms with Gasteiger partial charge in [0.2, 0.25) is 5.91 Å². The number of amides is 2. The van der Waals surface area contributed by atoms with Crippen LogP contribution < -0.4 is 0 Å². The molecular weight excluding hydrogens is 292 g/mol.